The first-order chi connectivity index (χ1) is 9.15. The van der Waals surface area contributed by atoms with E-state index in [1.807, 2.05) is 0 Å². The second-order valence-electron chi connectivity index (χ2n) is 6.17. The van der Waals surface area contributed by atoms with E-state index in [4.69, 9.17) is 0 Å². The van der Waals surface area contributed by atoms with Gasteiger partial charge in [-0.2, -0.15) is 0 Å². The fraction of sp³-hybridized carbons (Fsp3) is 0.625. The number of benzene rings is 1. The largest absolute Gasteiger partial charge is 0.314 e. The molecule has 1 aliphatic carbocycles. The van der Waals surface area contributed by atoms with Gasteiger partial charge in [-0.3, -0.25) is 4.90 Å². The van der Waals surface area contributed by atoms with Crippen molar-refractivity contribution in [2.45, 2.75) is 38.3 Å². The molecule has 19 heavy (non-hydrogen) atoms. The average Bonchev–Trinajstić information content (AvgIpc) is 3.14. The standard InChI is InChI=1S/C16H23BrN2/c1-11-3-4-12(9-15(11)17)16-13(7-8-19(16)2)10-18-14-5-6-14/h3-4,9,13-14,16,18H,5-8,10H2,1-2H3. The zero-order valence-electron chi connectivity index (χ0n) is 11.8. The molecule has 2 atom stereocenters. The minimum absolute atomic E-state index is 0.572. The summed E-state index contributed by atoms with van der Waals surface area (Å²) in [7, 11) is 2.26. The third-order valence-electron chi connectivity index (χ3n) is 4.56. The Bertz CT molecular complexity index is 456. The van der Waals surface area contributed by atoms with Gasteiger partial charge in [-0.15, -0.1) is 0 Å². The zero-order chi connectivity index (χ0) is 13.4. The quantitative estimate of drug-likeness (QED) is 0.912. The van der Waals surface area contributed by atoms with Crippen LogP contribution in [0, 0.1) is 12.8 Å². The number of nitrogens with one attached hydrogen (secondary N) is 1. The molecule has 3 heteroatoms. The lowest BCUT2D eigenvalue weighted by Crippen LogP contribution is -2.29. The smallest absolute Gasteiger partial charge is 0.0386 e. The van der Waals surface area contributed by atoms with E-state index in [1.165, 1.54) is 48.0 Å². The first-order valence-corrected chi connectivity index (χ1v) is 8.14. The van der Waals surface area contributed by atoms with Crippen molar-refractivity contribution >= 4 is 15.9 Å². The molecule has 0 spiro atoms. The van der Waals surface area contributed by atoms with Gasteiger partial charge in [0.25, 0.3) is 0 Å². The van der Waals surface area contributed by atoms with E-state index in [0.717, 1.165) is 12.0 Å². The molecule has 0 aromatic heterocycles. The van der Waals surface area contributed by atoms with E-state index in [-0.39, 0.29) is 0 Å². The molecule has 2 unspecified atom stereocenters. The van der Waals surface area contributed by atoms with Crippen LogP contribution in [-0.2, 0) is 0 Å². The molecule has 1 saturated carbocycles. The van der Waals surface area contributed by atoms with Crippen LogP contribution >= 0.6 is 15.9 Å². The summed E-state index contributed by atoms with van der Waals surface area (Å²) in [6.45, 7) is 4.54. The Labute approximate surface area is 124 Å². The summed E-state index contributed by atoms with van der Waals surface area (Å²) < 4.78 is 1.24. The summed E-state index contributed by atoms with van der Waals surface area (Å²) in [4.78, 5) is 2.51. The lowest BCUT2D eigenvalue weighted by Gasteiger charge is -2.26. The highest BCUT2D eigenvalue weighted by atomic mass is 79.9. The Morgan fingerprint density at radius 1 is 1.32 bits per heavy atom. The minimum atomic E-state index is 0.572. The van der Waals surface area contributed by atoms with Crippen LogP contribution in [0.2, 0.25) is 0 Å². The zero-order valence-corrected chi connectivity index (χ0v) is 13.4. The summed E-state index contributed by atoms with van der Waals surface area (Å²) in [5, 5.41) is 3.71. The maximum atomic E-state index is 3.71. The topological polar surface area (TPSA) is 15.3 Å². The highest BCUT2D eigenvalue weighted by Gasteiger charge is 2.34. The van der Waals surface area contributed by atoms with E-state index in [1.54, 1.807) is 0 Å². The van der Waals surface area contributed by atoms with Crippen LogP contribution in [0.3, 0.4) is 0 Å². The summed E-state index contributed by atoms with van der Waals surface area (Å²) in [5.74, 6) is 0.750. The number of nitrogens with zero attached hydrogens (tertiary/aromatic N) is 1. The van der Waals surface area contributed by atoms with Gasteiger partial charge in [0.2, 0.25) is 0 Å². The van der Waals surface area contributed by atoms with Crippen molar-refractivity contribution in [2.24, 2.45) is 5.92 Å². The molecule has 1 N–H and O–H groups in total. The molecule has 2 aliphatic rings. The Morgan fingerprint density at radius 3 is 2.79 bits per heavy atom. The fourth-order valence-corrected chi connectivity index (χ4v) is 3.56. The van der Waals surface area contributed by atoms with E-state index in [2.05, 4.69) is 58.3 Å². The van der Waals surface area contributed by atoms with E-state index in [0.29, 0.717) is 6.04 Å². The SMILES string of the molecule is Cc1ccc(C2C(CNC3CC3)CCN2C)cc1Br. The van der Waals surface area contributed by atoms with Gasteiger partial charge in [-0.05, 0) is 62.9 Å². The van der Waals surface area contributed by atoms with Crippen LogP contribution in [0.25, 0.3) is 0 Å². The van der Waals surface area contributed by atoms with Crippen molar-refractivity contribution in [2.75, 3.05) is 20.1 Å². The highest BCUT2D eigenvalue weighted by molar-refractivity contribution is 9.10. The highest BCUT2D eigenvalue weighted by Crippen LogP contribution is 2.37. The molecule has 0 bridgehead atoms. The predicted octanol–water partition coefficient (Wildman–Crippen LogP) is 3.50. The molecule has 1 aromatic rings. The molecular formula is C16H23BrN2. The van der Waals surface area contributed by atoms with Crippen molar-refractivity contribution in [1.29, 1.82) is 0 Å². The van der Waals surface area contributed by atoms with Gasteiger partial charge in [-0.25, -0.2) is 0 Å². The molecule has 104 valence electrons. The second-order valence-corrected chi connectivity index (χ2v) is 7.02. The van der Waals surface area contributed by atoms with Crippen molar-refractivity contribution < 1.29 is 0 Å². The summed E-state index contributed by atoms with van der Waals surface area (Å²) in [6, 6.07) is 8.24. The Balaban J connectivity index is 1.75. The maximum Gasteiger partial charge on any atom is 0.0386 e. The molecule has 2 nitrogen and oxygen atoms in total. The molecule has 1 heterocycles. The molecule has 1 aromatic carbocycles. The van der Waals surface area contributed by atoms with Crippen LogP contribution in [0.15, 0.2) is 22.7 Å². The summed E-state index contributed by atoms with van der Waals surface area (Å²) >= 11 is 3.67. The second kappa shape index (κ2) is 5.55. The van der Waals surface area contributed by atoms with Gasteiger partial charge in [-0.1, -0.05) is 28.1 Å². The maximum absolute atomic E-state index is 3.71. The lowest BCUT2D eigenvalue weighted by atomic mass is 9.93. The molecule has 1 saturated heterocycles. The van der Waals surface area contributed by atoms with Crippen LogP contribution in [-0.4, -0.2) is 31.1 Å². The van der Waals surface area contributed by atoms with Gasteiger partial charge >= 0.3 is 0 Å². The number of hydrogen-bond donors (Lipinski definition) is 1. The van der Waals surface area contributed by atoms with Crippen molar-refractivity contribution in [3.05, 3.63) is 33.8 Å². The monoisotopic (exact) mass is 322 g/mol. The summed E-state index contributed by atoms with van der Waals surface area (Å²) in [6.07, 6.45) is 4.07. The molecule has 0 amide bonds. The van der Waals surface area contributed by atoms with Crippen molar-refractivity contribution in [3.8, 4) is 0 Å². The number of aryl methyl sites for hydroxylation is 1. The van der Waals surface area contributed by atoms with Crippen LogP contribution in [0.4, 0.5) is 0 Å². The number of hydrogen-bond acceptors (Lipinski definition) is 2. The molecule has 1 aliphatic heterocycles. The Kier molecular flexibility index (Phi) is 3.97. The van der Waals surface area contributed by atoms with E-state index >= 15 is 0 Å². The van der Waals surface area contributed by atoms with Crippen molar-refractivity contribution in [3.63, 3.8) is 0 Å². The number of rotatable bonds is 4. The lowest BCUT2D eigenvalue weighted by molar-refractivity contribution is 0.271. The van der Waals surface area contributed by atoms with Crippen LogP contribution in [0.5, 0.6) is 0 Å². The number of halogens is 1. The summed E-state index contributed by atoms with van der Waals surface area (Å²) in [5.41, 5.74) is 2.78. The Morgan fingerprint density at radius 2 is 2.11 bits per heavy atom. The average molecular weight is 323 g/mol. The van der Waals surface area contributed by atoms with Gasteiger partial charge in [0.1, 0.15) is 0 Å². The van der Waals surface area contributed by atoms with Gasteiger partial charge < -0.3 is 5.32 Å². The van der Waals surface area contributed by atoms with Gasteiger partial charge in [0.15, 0.2) is 0 Å². The normalized spacial score (nSPS) is 27.9. The molecule has 2 fully saturated rings. The fourth-order valence-electron chi connectivity index (χ4n) is 3.17. The molecular weight excluding hydrogens is 300 g/mol. The van der Waals surface area contributed by atoms with E-state index in [9.17, 15) is 0 Å². The Hall–Kier alpha value is -0.380. The number of likely N-dealkylation sites (tertiary alicyclic amines) is 1. The minimum Gasteiger partial charge on any atom is -0.314 e. The van der Waals surface area contributed by atoms with Gasteiger partial charge in [0, 0.05) is 23.1 Å². The third-order valence-corrected chi connectivity index (χ3v) is 5.41. The first kappa shape index (κ1) is 13.6. The third kappa shape index (κ3) is 3.04. The first-order valence-electron chi connectivity index (χ1n) is 7.35. The predicted molar refractivity (Wildman–Crippen MR) is 83.4 cm³/mol. The van der Waals surface area contributed by atoms with Crippen LogP contribution < -0.4 is 5.32 Å². The van der Waals surface area contributed by atoms with E-state index < -0.39 is 0 Å². The van der Waals surface area contributed by atoms with Gasteiger partial charge in [0.05, 0.1) is 0 Å². The van der Waals surface area contributed by atoms with Crippen LogP contribution in [0.1, 0.15) is 36.4 Å². The molecule has 3 rings (SSSR count). The molecule has 0 radical (unpaired) electrons. The van der Waals surface area contributed by atoms with Crippen molar-refractivity contribution in [1.82, 2.24) is 10.2 Å².